The third-order valence-electron chi connectivity index (χ3n) is 4.75. The fourth-order valence-electron chi connectivity index (χ4n) is 3.41. The molecule has 146 valence electrons. The van der Waals surface area contributed by atoms with Crippen LogP contribution in [0.2, 0.25) is 0 Å². The maximum absolute atomic E-state index is 13.0. The molecule has 1 saturated heterocycles. The molecule has 2 aliphatic heterocycles. The zero-order valence-electron chi connectivity index (χ0n) is 15.7. The molecule has 2 N–H and O–H groups in total. The normalized spacial score (nSPS) is 19.2. The van der Waals surface area contributed by atoms with Crippen molar-refractivity contribution in [3.8, 4) is 0 Å². The van der Waals surface area contributed by atoms with E-state index in [-0.39, 0.29) is 23.8 Å². The zero-order valence-corrected chi connectivity index (χ0v) is 15.7. The summed E-state index contributed by atoms with van der Waals surface area (Å²) in [4.78, 5) is 34.7. The molecule has 0 spiro atoms. The number of ether oxygens (including phenoxy) is 2. The summed E-state index contributed by atoms with van der Waals surface area (Å²) in [6.45, 7) is 4.89. The van der Waals surface area contributed by atoms with Crippen molar-refractivity contribution in [3.05, 3.63) is 47.3 Å². The Labute approximate surface area is 162 Å². The van der Waals surface area contributed by atoms with Crippen LogP contribution in [0, 0.1) is 0 Å². The number of pyridine rings is 1. The number of nitrogens with one attached hydrogen (secondary N) is 2. The first-order valence-corrected chi connectivity index (χ1v) is 9.42. The second-order valence-electron chi connectivity index (χ2n) is 6.57. The van der Waals surface area contributed by atoms with Gasteiger partial charge in [-0.2, -0.15) is 0 Å². The van der Waals surface area contributed by atoms with E-state index in [4.69, 9.17) is 9.47 Å². The van der Waals surface area contributed by atoms with Gasteiger partial charge in [-0.05, 0) is 38.1 Å². The summed E-state index contributed by atoms with van der Waals surface area (Å²) < 4.78 is 11.0. The van der Waals surface area contributed by atoms with Gasteiger partial charge in [-0.25, -0.2) is 9.78 Å². The van der Waals surface area contributed by atoms with Crippen LogP contribution in [0.15, 0.2) is 41.7 Å². The van der Waals surface area contributed by atoms with E-state index in [1.165, 1.54) is 0 Å². The summed E-state index contributed by atoms with van der Waals surface area (Å²) >= 11 is 0. The van der Waals surface area contributed by atoms with E-state index in [0.29, 0.717) is 13.1 Å². The van der Waals surface area contributed by atoms with Gasteiger partial charge in [0.15, 0.2) is 11.3 Å². The van der Waals surface area contributed by atoms with E-state index in [9.17, 15) is 9.59 Å². The zero-order chi connectivity index (χ0) is 19.5. The standard InChI is InChI=1S/C20H22N4O4/c1-2-27-20(26)16-17(25)15(28-19(16)24-9-4-6-21-8-10-24)11-13-12-23-18-14(13)5-3-7-22-18/h3,5,7,11-12,21H,2,4,6,8-10H2,1H3,(H,22,23). The van der Waals surface area contributed by atoms with Gasteiger partial charge in [0.25, 0.3) is 0 Å². The first-order valence-electron chi connectivity index (χ1n) is 9.42. The van der Waals surface area contributed by atoms with Crippen molar-refractivity contribution in [2.75, 3.05) is 32.8 Å². The predicted molar refractivity (Wildman–Crippen MR) is 103 cm³/mol. The first-order chi connectivity index (χ1) is 13.7. The molecule has 2 aromatic rings. The van der Waals surface area contributed by atoms with Gasteiger partial charge in [0.05, 0.1) is 6.61 Å². The fraction of sp³-hybridized carbons (Fsp3) is 0.350. The monoisotopic (exact) mass is 382 g/mol. The van der Waals surface area contributed by atoms with Crippen molar-refractivity contribution in [3.63, 3.8) is 0 Å². The van der Waals surface area contributed by atoms with Gasteiger partial charge in [-0.3, -0.25) is 4.79 Å². The minimum Gasteiger partial charge on any atom is -0.462 e. The van der Waals surface area contributed by atoms with Crippen LogP contribution >= 0.6 is 0 Å². The number of aromatic amines is 1. The SMILES string of the molecule is CCOC(=O)C1=C(N2CCCNCC2)OC(=Cc2c[nH]c3ncccc23)C1=O. The summed E-state index contributed by atoms with van der Waals surface area (Å²) in [5.41, 5.74) is 1.46. The van der Waals surface area contributed by atoms with E-state index >= 15 is 0 Å². The number of H-pyrrole nitrogens is 1. The molecule has 0 aromatic carbocycles. The number of allylic oxidation sites excluding steroid dienone is 1. The molecule has 8 nitrogen and oxygen atoms in total. The Balaban J connectivity index is 1.70. The van der Waals surface area contributed by atoms with Crippen LogP contribution in [0.3, 0.4) is 0 Å². The van der Waals surface area contributed by atoms with E-state index in [2.05, 4.69) is 15.3 Å². The average Bonchev–Trinajstić information content (AvgIpc) is 3.12. The van der Waals surface area contributed by atoms with Crippen LogP contribution in [0.4, 0.5) is 0 Å². The lowest BCUT2D eigenvalue weighted by molar-refractivity contribution is -0.139. The molecular formula is C20H22N4O4. The van der Waals surface area contributed by atoms with Crippen LogP contribution in [0.5, 0.6) is 0 Å². The molecule has 0 unspecified atom stereocenters. The Kier molecular flexibility index (Phi) is 5.12. The second-order valence-corrected chi connectivity index (χ2v) is 6.57. The summed E-state index contributed by atoms with van der Waals surface area (Å²) in [7, 11) is 0. The number of ketones is 1. The van der Waals surface area contributed by atoms with Gasteiger partial charge in [0.1, 0.15) is 5.65 Å². The molecule has 1 fully saturated rings. The average molecular weight is 382 g/mol. The van der Waals surface area contributed by atoms with Crippen LogP contribution in [-0.2, 0) is 19.1 Å². The van der Waals surface area contributed by atoms with Crippen LogP contribution in [-0.4, -0.2) is 59.4 Å². The predicted octanol–water partition coefficient (Wildman–Crippen LogP) is 1.57. The van der Waals surface area contributed by atoms with E-state index < -0.39 is 11.8 Å². The Hall–Kier alpha value is -3.13. The minimum atomic E-state index is -0.649. The highest BCUT2D eigenvalue weighted by Gasteiger charge is 2.39. The summed E-state index contributed by atoms with van der Waals surface area (Å²) in [5, 5.41) is 4.17. The fourth-order valence-corrected chi connectivity index (χ4v) is 3.41. The lowest BCUT2D eigenvalue weighted by Crippen LogP contribution is -2.29. The highest BCUT2D eigenvalue weighted by atomic mass is 16.5. The number of fused-ring (bicyclic) bond motifs is 1. The Bertz CT molecular complexity index is 967. The molecule has 28 heavy (non-hydrogen) atoms. The van der Waals surface area contributed by atoms with Crippen LogP contribution < -0.4 is 5.32 Å². The number of aromatic nitrogens is 2. The van der Waals surface area contributed by atoms with E-state index in [0.717, 1.165) is 36.1 Å². The van der Waals surface area contributed by atoms with Gasteiger partial charge in [-0.1, -0.05) is 0 Å². The van der Waals surface area contributed by atoms with Gasteiger partial charge in [-0.15, -0.1) is 0 Å². The van der Waals surface area contributed by atoms with Crippen LogP contribution in [0.25, 0.3) is 17.1 Å². The lowest BCUT2D eigenvalue weighted by atomic mass is 10.1. The van der Waals surface area contributed by atoms with Gasteiger partial charge in [0, 0.05) is 43.0 Å². The molecule has 0 atom stereocenters. The Morgan fingerprint density at radius 3 is 3.14 bits per heavy atom. The van der Waals surface area contributed by atoms with Gasteiger partial charge in [0.2, 0.25) is 11.7 Å². The molecular weight excluding hydrogens is 360 g/mol. The summed E-state index contributed by atoms with van der Waals surface area (Å²) in [5.74, 6) is -0.705. The topological polar surface area (TPSA) is 96.6 Å². The number of carbonyl (C=O) groups excluding carboxylic acids is 2. The number of rotatable bonds is 4. The first kappa shape index (κ1) is 18.2. The molecule has 2 aliphatic rings. The highest BCUT2D eigenvalue weighted by Crippen LogP contribution is 2.31. The van der Waals surface area contributed by atoms with Gasteiger partial charge >= 0.3 is 5.97 Å². The number of hydrogen-bond donors (Lipinski definition) is 2. The number of esters is 1. The van der Waals surface area contributed by atoms with Crippen molar-refractivity contribution in [2.45, 2.75) is 13.3 Å². The minimum absolute atomic E-state index is 0.0343. The maximum Gasteiger partial charge on any atom is 0.347 e. The van der Waals surface area contributed by atoms with Crippen molar-refractivity contribution >= 4 is 28.9 Å². The molecule has 2 aromatic heterocycles. The highest BCUT2D eigenvalue weighted by molar-refractivity contribution is 6.26. The molecule has 8 heteroatoms. The van der Waals surface area contributed by atoms with Crippen molar-refractivity contribution in [2.24, 2.45) is 0 Å². The molecule has 0 aliphatic carbocycles. The van der Waals surface area contributed by atoms with E-state index in [1.807, 2.05) is 17.0 Å². The summed E-state index contributed by atoms with van der Waals surface area (Å²) in [6.07, 6.45) is 5.99. The van der Waals surface area contributed by atoms with Crippen molar-refractivity contribution < 1.29 is 19.1 Å². The lowest BCUT2D eigenvalue weighted by Gasteiger charge is -2.22. The number of Topliss-reactive ketones (excluding diaryl/α,β-unsaturated/α-hetero) is 1. The number of hydrogen-bond acceptors (Lipinski definition) is 7. The summed E-state index contributed by atoms with van der Waals surface area (Å²) in [6, 6.07) is 3.74. The molecule has 0 radical (unpaired) electrons. The largest absolute Gasteiger partial charge is 0.462 e. The smallest absolute Gasteiger partial charge is 0.347 e. The Morgan fingerprint density at radius 2 is 2.29 bits per heavy atom. The number of carbonyl (C=O) groups is 2. The molecule has 4 heterocycles. The third kappa shape index (κ3) is 3.38. The van der Waals surface area contributed by atoms with Gasteiger partial charge < -0.3 is 24.7 Å². The number of nitrogens with zero attached hydrogens (tertiary/aromatic N) is 2. The van der Waals surface area contributed by atoms with Crippen LogP contribution in [0.1, 0.15) is 18.9 Å². The molecule has 4 rings (SSSR count). The van der Waals surface area contributed by atoms with Crippen molar-refractivity contribution in [1.29, 1.82) is 0 Å². The second kappa shape index (κ2) is 7.85. The molecule has 0 bridgehead atoms. The maximum atomic E-state index is 13.0. The quantitative estimate of drug-likeness (QED) is 0.471. The van der Waals surface area contributed by atoms with Crippen molar-refractivity contribution in [1.82, 2.24) is 20.2 Å². The molecule has 0 amide bonds. The Morgan fingerprint density at radius 1 is 1.39 bits per heavy atom. The molecule has 0 saturated carbocycles. The third-order valence-corrected chi connectivity index (χ3v) is 4.75. The van der Waals surface area contributed by atoms with E-state index in [1.54, 1.807) is 25.4 Å².